The first-order chi connectivity index (χ1) is 8.93. The van der Waals surface area contributed by atoms with Crippen LogP contribution in [0.4, 0.5) is 0 Å². The molecule has 0 fully saturated rings. The summed E-state index contributed by atoms with van der Waals surface area (Å²) >= 11 is 0. The first-order valence-electron chi connectivity index (χ1n) is 5.23. The summed E-state index contributed by atoms with van der Waals surface area (Å²) in [6.45, 7) is -1.09. The quantitative estimate of drug-likeness (QED) is 0.688. The van der Waals surface area contributed by atoms with E-state index in [-0.39, 0.29) is 5.56 Å². The number of methoxy groups -OCH3 is 1. The van der Waals surface area contributed by atoms with Crippen LogP contribution >= 0.6 is 0 Å². The zero-order valence-corrected chi connectivity index (χ0v) is 10.2. The van der Waals surface area contributed by atoms with Gasteiger partial charge in [-0.05, 0) is 6.07 Å². The molecule has 0 aliphatic rings. The summed E-state index contributed by atoms with van der Waals surface area (Å²) < 4.78 is 4.83. The van der Waals surface area contributed by atoms with Crippen LogP contribution in [0.1, 0.15) is 10.4 Å². The largest absolute Gasteiger partial charge is 0.481 e. The van der Waals surface area contributed by atoms with Gasteiger partial charge in [0.2, 0.25) is 11.8 Å². The SMILES string of the molecule is COc1ccc(C(=O)N(CC(N)=O)CC(=O)O)cn1. The summed E-state index contributed by atoms with van der Waals surface area (Å²) in [5.41, 5.74) is 5.11. The van der Waals surface area contributed by atoms with Gasteiger partial charge < -0.3 is 20.5 Å². The number of hydrogen-bond donors (Lipinski definition) is 2. The Hall–Kier alpha value is -2.64. The molecule has 0 radical (unpaired) electrons. The zero-order chi connectivity index (χ0) is 14.4. The molecule has 1 aromatic rings. The van der Waals surface area contributed by atoms with Crippen LogP contribution in [0.3, 0.4) is 0 Å². The molecule has 0 aliphatic carbocycles. The van der Waals surface area contributed by atoms with E-state index in [1.165, 1.54) is 25.4 Å². The molecule has 1 heterocycles. The predicted octanol–water partition coefficient (Wildman–Crippen LogP) is -0.898. The van der Waals surface area contributed by atoms with Crippen LogP contribution in [0.2, 0.25) is 0 Å². The summed E-state index contributed by atoms with van der Waals surface area (Å²) in [6.07, 6.45) is 1.23. The molecule has 0 bridgehead atoms. The van der Waals surface area contributed by atoms with Gasteiger partial charge in [-0.1, -0.05) is 0 Å². The average molecular weight is 267 g/mol. The van der Waals surface area contributed by atoms with E-state index in [0.717, 1.165) is 4.90 Å². The van der Waals surface area contributed by atoms with Crippen molar-refractivity contribution in [2.45, 2.75) is 0 Å². The highest BCUT2D eigenvalue weighted by molar-refractivity contribution is 5.97. The molecule has 8 nitrogen and oxygen atoms in total. The van der Waals surface area contributed by atoms with Crippen molar-refractivity contribution in [3.63, 3.8) is 0 Å². The second-order valence-corrected chi connectivity index (χ2v) is 3.61. The summed E-state index contributed by atoms with van der Waals surface area (Å²) in [4.78, 5) is 38.1. The Labute approximate surface area is 108 Å². The molecule has 1 aromatic heterocycles. The molecular weight excluding hydrogens is 254 g/mol. The van der Waals surface area contributed by atoms with Gasteiger partial charge in [0.25, 0.3) is 5.91 Å². The molecule has 0 aliphatic heterocycles. The molecule has 3 N–H and O–H groups in total. The van der Waals surface area contributed by atoms with Crippen LogP contribution in [0.5, 0.6) is 5.88 Å². The first-order valence-corrected chi connectivity index (χ1v) is 5.23. The molecule has 19 heavy (non-hydrogen) atoms. The molecule has 1 rings (SSSR count). The molecular formula is C11H13N3O5. The molecule has 0 aromatic carbocycles. The minimum atomic E-state index is -1.24. The van der Waals surface area contributed by atoms with E-state index in [0.29, 0.717) is 5.88 Å². The number of nitrogens with zero attached hydrogens (tertiary/aromatic N) is 2. The number of carboxylic acids is 1. The van der Waals surface area contributed by atoms with E-state index in [2.05, 4.69) is 4.98 Å². The Kier molecular flexibility index (Phi) is 4.81. The third kappa shape index (κ3) is 4.26. The zero-order valence-electron chi connectivity index (χ0n) is 10.2. The number of rotatable bonds is 6. The van der Waals surface area contributed by atoms with Gasteiger partial charge >= 0.3 is 5.97 Å². The smallest absolute Gasteiger partial charge is 0.323 e. The fourth-order valence-electron chi connectivity index (χ4n) is 1.36. The number of aromatic nitrogens is 1. The van der Waals surface area contributed by atoms with Crippen LogP contribution in [0.25, 0.3) is 0 Å². The third-order valence-electron chi connectivity index (χ3n) is 2.15. The van der Waals surface area contributed by atoms with E-state index in [1.807, 2.05) is 0 Å². The van der Waals surface area contributed by atoms with Crippen molar-refractivity contribution in [3.8, 4) is 5.88 Å². The first kappa shape index (κ1) is 14.4. The van der Waals surface area contributed by atoms with Crippen molar-refractivity contribution < 1.29 is 24.2 Å². The molecule has 0 spiro atoms. The highest BCUT2D eigenvalue weighted by Gasteiger charge is 2.20. The number of ether oxygens (including phenoxy) is 1. The van der Waals surface area contributed by atoms with Crippen LogP contribution in [0.15, 0.2) is 18.3 Å². The van der Waals surface area contributed by atoms with Crippen LogP contribution in [-0.4, -0.2) is 53.0 Å². The fraction of sp³-hybridized carbons (Fsp3) is 0.273. The van der Waals surface area contributed by atoms with Gasteiger partial charge in [0, 0.05) is 12.3 Å². The fourth-order valence-corrected chi connectivity index (χ4v) is 1.36. The van der Waals surface area contributed by atoms with Gasteiger partial charge in [-0.2, -0.15) is 0 Å². The normalized spacial score (nSPS) is 9.74. The monoisotopic (exact) mass is 267 g/mol. The lowest BCUT2D eigenvalue weighted by Crippen LogP contribution is -2.41. The Balaban J connectivity index is 2.90. The van der Waals surface area contributed by atoms with Gasteiger partial charge in [0.05, 0.1) is 12.7 Å². The highest BCUT2D eigenvalue weighted by Crippen LogP contribution is 2.09. The van der Waals surface area contributed by atoms with Crippen molar-refractivity contribution in [2.75, 3.05) is 20.2 Å². The lowest BCUT2D eigenvalue weighted by Gasteiger charge is -2.18. The number of carbonyl (C=O) groups is 3. The van der Waals surface area contributed by atoms with Crippen LogP contribution in [0, 0.1) is 0 Å². The van der Waals surface area contributed by atoms with Crippen molar-refractivity contribution >= 4 is 17.8 Å². The molecule has 0 unspecified atom stereocenters. The van der Waals surface area contributed by atoms with E-state index in [9.17, 15) is 14.4 Å². The van der Waals surface area contributed by atoms with E-state index in [1.54, 1.807) is 0 Å². The van der Waals surface area contributed by atoms with Crippen molar-refractivity contribution in [1.82, 2.24) is 9.88 Å². The van der Waals surface area contributed by atoms with Crippen molar-refractivity contribution in [2.24, 2.45) is 5.73 Å². The number of primary amides is 1. The van der Waals surface area contributed by atoms with Gasteiger partial charge in [-0.25, -0.2) is 4.98 Å². The Morgan fingerprint density at radius 3 is 2.47 bits per heavy atom. The van der Waals surface area contributed by atoms with Gasteiger partial charge in [-0.15, -0.1) is 0 Å². The Morgan fingerprint density at radius 2 is 2.05 bits per heavy atom. The minimum Gasteiger partial charge on any atom is -0.481 e. The third-order valence-corrected chi connectivity index (χ3v) is 2.15. The Morgan fingerprint density at radius 1 is 1.37 bits per heavy atom. The maximum Gasteiger partial charge on any atom is 0.323 e. The second-order valence-electron chi connectivity index (χ2n) is 3.61. The van der Waals surface area contributed by atoms with Gasteiger partial charge in [0.1, 0.15) is 13.1 Å². The van der Waals surface area contributed by atoms with Gasteiger partial charge in [0.15, 0.2) is 0 Å². The number of aliphatic carboxylic acids is 1. The highest BCUT2D eigenvalue weighted by atomic mass is 16.5. The molecule has 0 saturated carbocycles. The maximum absolute atomic E-state index is 12.0. The minimum absolute atomic E-state index is 0.142. The van der Waals surface area contributed by atoms with Crippen LogP contribution in [-0.2, 0) is 9.59 Å². The van der Waals surface area contributed by atoms with Crippen LogP contribution < -0.4 is 10.5 Å². The molecule has 0 saturated heterocycles. The number of nitrogens with two attached hydrogens (primary N) is 1. The number of carbonyl (C=O) groups excluding carboxylic acids is 2. The average Bonchev–Trinajstić information content (AvgIpc) is 2.36. The predicted molar refractivity (Wildman–Crippen MR) is 63.5 cm³/mol. The van der Waals surface area contributed by atoms with E-state index in [4.69, 9.17) is 15.6 Å². The van der Waals surface area contributed by atoms with E-state index >= 15 is 0 Å². The molecule has 0 atom stereocenters. The summed E-state index contributed by atoms with van der Waals surface area (Å²) in [6, 6.07) is 2.88. The lowest BCUT2D eigenvalue weighted by molar-refractivity contribution is -0.138. The summed E-state index contributed by atoms with van der Waals surface area (Å²) in [5.74, 6) is -2.36. The lowest BCUT2D eigenvalue weighted by atomic mass is 10.2. The molecule has 102 valence electrons. The number of carboxylic acid groups (broad SMARTS) is 1. The van der Waals surface area contributed by atoms with Crippen molar-refractivity contribution in [1.29, 1.82) is 0 Å². The van der Waals surface area contributed by atoms with E-state index < -0.39 is 30.9 Å². The van der Waals surface area contributed by atoms with Crippen molar-refractivity contribution in [3.05, 3.63) is 23.9 Å². The Bertz CT molecular complexity index is 470. The maximum atomic E-state index is 12.0. The topological polar surface area (TPSA) is 123 Å². The number of hydrogen-bond acceptors (Lipinski definition) is 5. The number of pyridine rings is 1. The molecule has 2 amide bonds. The number of amides is 2. The molecule has 8 heteroatoms. The van der Waals surface area contributed by atoms with Gasteiger partial charge in [-0.3, -0.25) is 14.4 Å². The summed E-state index contributed by atoms with van der Waals surface area (Å²) in [5, 5.41) is 8.69. The standard InChI is InChI=1S/C11H13N3O5/c1-19-9-3-2-7(4-13-9)11(18)14(5-8(12)15)6-10(16)17/h2-4H,5-6H2,1H3,(H2,12,15)(H,16,17). The second kappa shape index (κ2) is 6.34. The summed E-state index contributed by atoms with van der Waals surface area (Å²) in [7, 11) is 1.42.